The minimum Gasteiger partial charge on any atom is -0.402 e. The van der Waals surface area contributed by atoms with Gasteiger partial charge in [-0.3, -0.25) is 14.3 Å². The molecule has 0 radical (unpaired) electrons. The van der Waals surface area contributed by atoms with E-state index in [1.54, 1.807) is 19.3 Å². The molecule has 0 saturated heterocycles. The number of carbonyl (C=O) groups excluding carboxylic acids is 2. The van der Waals surface area contributed by atoms with Gasteiger partial charge >= 0.3 is 0 Å². The van der Waals surface area contributed by atoms with Gasteiger partial charge in [-0.15, -0.1) is 0 Å². The van der Waals surface area contributed by atoms with Gasteiger partial charge in [-0.1, -0.05) is 46.8 Å². The molecule has 5 N–H and O–H groups in total. The average molecular weight is 549 g/mol. The lowest BCUT2D eigenvalue weighted by Gasteiger charge is -2.36. The number of nitrogens with zero attached hydrogens (tertiary/aromatic N) is 2. The number of benzene rings is 1. The van der Waals surface area contributed by atoms with Crippen molar-refractivity contribution in [3.8, 4) is 0 Å². The maximum atomic E-state index is 13.6. The van der Waals surface area contributed by atoms with Crippen molar-refractivity contribution in [3.63, 3.8) is 0 Å². The molecule has 3 rings (SSSR count). The van der Waals surface area contributed by atoms with Crippen molar-refractivity contribution in [2.45, 2.75) is 79.7 Å². The Morgan fingerprint density at radius 2 is 1.70 bits per heavy atom. The summed E-state index contributed by atoms with van der Waals surface area (Å²) in [5, 5.41) is 18.9. The van der Waals surface area contributed by atoms with Crippen LogP contribution in [0, 0.1) is 35.0 Å². The lowest BCUT2D eigenvalue weighted by Crippen LogP contribution is -2.50. The molecule has 2 amide bonds. The van der Waals surface area contributed by atoms with Crippen LogP contribution in [-0.2, 0) is 11.8 Å². The average Bonchev–Trinajstić information content (AvgIpc) is 3.31. The van der Waals surface area contributed by atoms with Gasteiger partial charge in [0.05, 0.1) is 0 Å². The molecule has 1 aromatic carbocycles. The third kappa shape index (κ3) is 8.05. The molecule has 8 heteroatoms. The highest BCUT2D eigenvalue weighted by atomic mass is 16.2. The number of aromatic nitrogens is 2. The Morgan fingerprint density at radius 1 is 1.07 bits per heavy atom. The van der Waals surface area contributed by atoms with Crippen LogP contribution in [0.25, 0.3) is 5.57 Å². The predicted molar refractivity (Wildman–Crippen MR) is 163 cm³/mol. The molecule has 8 nitrogen and oxygen atoms in total. The van der Waals surface area contributed by atoms with Gasteiger partial charge in [0.25, 0.3) is 5.91 Å². The molecule has 40 heavy (non-hydrogen) atoms. The second-order valence-corrected chi connectivity index (χ2v) is 12.3. The van der Waals surface area contributed by atoms with Gasteiger partial charge in [-0.2, -0.15) is 5.10 Å². The van der Waals surface area contributed by atoms with Crippen LogP contribution in [0.4, 0.5) is 5.69 Å². The molecule has 3 unspecified atom stereocenters. The summed E-state index contributed by atoms with van der Waals surface area (Å²) in [6, 6.07) is 8.47. The predicted octanol–water partition coefficient (Wildman–Crippen LogP) is 6.01. The highest BCUT2D eigenvalue weighted by Crippen LogP contribution is 2.35. The maximum Gasteiger partial charge on any atom is 0.270 e. The van der Waals surface area contributed by atoms with Gasteiger partial charge in [0.2, 0.25) is 5.91 Å². The first-order valence-corrected chi connectivity index (χ1v) is 14.6. The summed E-state index contributed by atoms with van der Waals surface area (Å²) in [5.74, 6) is 1.58. The Morgan fingerprint density at radius 3 is 2.23 bits per heavy atom. The van der Waals surface area contributed by atoms with E-state index in [0.29, 0.717) is 52.9 Å². The van der Waals surface area contributed by atoms with E-state index in [4.69, 9.17) is 11.1 Å². The fourth-order valence-electron chi connectivity index (χ4n) is 5.90. The van der Waals surface area contributed by atoms with Gasteiger partial charge in [-0.05, 0) is 92.4 Å². The number of rotatable bonds is 11. The molecule has 1 aliphatic carbocycles. The summed E-state index contributed by atoms with van der Waals surface area (Å²) in [4.78, 5) is 26.7. The summed E-state index contributed by atoms with van der Waals surface area (Å²) in [5.41, 5.74) is 10.0. The first-order valence-electron chi connectivity index (χ1n) is 14.6. The SMILES string of the molecule is C/C(N)=C(/C(=N)CCC(C)C(C)C)c1ccc(NC(=O)[C@@H](NC(=O)c2ccnn2C)C2CC(C)CC(C)C2)cc1. The summed E-state index contributed by atoms with van der Waals surface area (Å²) in [6.07, 6.45) is 6.07. The van der Waals surface area contributed by atoms with Crippen LogP contribution in [0.3, 0.4) is 0 Å². The van der Waals surface area contributed by atoms with E-state index in [9.17, 15) is 9.59 Å². The number of hydrogen-bond acceptors (Lipinski definition) is 5. The van der Waals surface area contributed by atoms with E-state index in [1.165, 1.54) is 4.68 Å². The number of allylic oxidation sites excluding steroid dienone is 2. The Kier molecular flexibility index (Phi) is 10.7. The summed E-state index contributed by atoms with van der Waals surface area (Å²) >= 11 is 0. The molecule has 4 atom stereocenters. The number of anilines is 1. The number of carbonyl (C=O) groups is 2. The zero-order chi connectivity index (χ0) is 29.6. The van der Waals surface area contributed by atoms with Gasteiger partial charge in [-0.25, -0.2) is 0 Å². The summed E-state index contributed by atoms with van der Waals surface area (Å²) in [6.45, 7) is 12.9. The number of nitrogens with one attached hydrogen (secondary N) is 3. The van der Waals surface area contributed by atoms with Crippen molar-refractivity contribution in [2.75, 3.05) is 5.32 Å². The van der Waals surface area contributed by atoms with Crippen LogP contribution in [0.15, 0.2) is 42.2 Å². The van der Waals surface area contributed by atoms with Crippen LogP contribution >= 0.6 is 0 Å². The molecule has 1 aromatic heterocycles. The normalized spacial score (nSPS) is 21.4. The zero-order valence-corrected chi connectivity index (χ0v) is 25.3. The highest BCUT2D eigenvalue weighted by molar-refractivity contribution is 6.23. The Hall–Kier alpha value is -3.42. The number of aryl methyl sites for hydroxylation is 1. The Balaban J connectivity index is 1.77. The second-order valence-electron chi connectivity index (χ2n) is 12.3. The molecule has 1 fully saturated rings. The smallest absolute Gasteiger partial charge is 0.270 e. The Bertz CT molecular complexity index is 1200. The molecule has 1 aliphatic rings. The van der Waals surface area contributed by atoms with E-state index in [1.807, 2.05) is 31.2 Å². The number of nitrogens with two attached hydrogens (primary N) is 1. The summed E-state index contributed by atoms with van der Waals surface area (Å²) in [7, 11) is 1.71. The number of amides is 2. The van der Waals surface area contributed by atoms with E-state index < -0.39 is 6.04 Å². The minimum absolute atomic E-state index is 0.0401. The van der Waals surface area contributed by atoms with Gasteiger partial charge < -0.3 is 21.8 Å². The van der Waals surface area contributed by atoms with E-state index >= 15 is 0 Å². The maximum absolute atomic E-state index is 13.6. The van der Waals surface area contributed by atoms with Crippen molar-refractivity contribution in [2.24, 2.45) is 42.4 Å². The molecule has 2 aromatic rings. The monoisotopic (exact) mass is 548 g/mol. The largest absolute Gasteiger partial charge is 0.402 e. The van der Waals surface area contributed by atoms with E-state index in [0.717, 1.165) is 36.8 Å². The van der Waals surface area contributed by atoms with Gasteiger partial charge in [0.1, 0.15) is 11.7 Å². The molecule has 0 aliphatic heterocycles. The fourth-order valence-corrected chi connectivity index (χ4v) is 5.90. The zero-order valence-electron chi connectivity index (χ0n) is 25.3. The van der Waals surface area contributed by atoms with Crippen molar-refractivity contribution in [3.05, 3.63) is 53.5 Å². The third-order valence-corrected chi connectivity index (χ3v) is 8.43. The van der Waals surface area contributed by atoms with Crippen LogP contribution in [0.5, 0.6) is 0 Å². The van der Waals surface area contributed by atoms with Crippen LogP contribution in [0.2, 0.25) is 0 Å². The first kappa shape index (κ1) is 31.1. The lowest BCUT2D eigenvalue weighted by molar-refractivity contribution is -0.119. The van der Waals surface area contributed by atoms with Crippen molar-refractivity contribution < 1.29 is 9.59 Å². The molecule has 0 spiro atoms. The van der Waals surface area contributed by atoms with Crippen LogP contribution in [0.1, 0.15) is 89.7 Å². The van der Waals surface area contributed by atoms with Crippen molar-refractivity contribution in [1.82, 2.24) is 15.1 Å². The molecular formula is C32H48N6O2. The van der Waals surface area contributed by atoms with Crippen molar-refractivity contribution in [1.29, 1.82) is 5.41 Å². The highest BCUT2D eigenvalue weighted by Gasteiger charge is 2.35. The molecule has 218 valence electrons. The minimum atomic E-state index is -0.662. The first-order chi connectivity index (χ1) is 18.9. The summed E-state index contributed by atoms with van der Waals surface area (Å²) < 4.78 is 1.51. The fraction of sp³-hybridized carbons (Fsp3) is 0.562. The molecule has 1 heterocycles. The van der Waals surface area contributed by atoms with Crippen LogP contribution < -0.4 is 16.4 Å². The van der Waals surface area contributed by atoms with Gasteiger partial charge in [0, 0.05) is 35.9 Å². The second kappa shape index (κ2) is 13.8. The number of hydrogen-bond donors (Lipinski definition) is 4. The molecule has 1 saturated carbocycles. The third-order valence-electron chi connectivity index (χ3n) is 8.43. The van der Waals surface area contributed by atoms with E-state index in [-0.39, 0.29) is 17.7 Å². The van der Waals surface area contributed by atoms with Gasteiger partial charge in [0.15, 0.2) is 0 Å². The molecular weight excluding hydrogens is 500 g/mol. The van der Waals surface area contributed by atoms with E-state index in [2.05, 4.69) is 50.4 Å². The quantitative estimate of drug-likeness (QED) is 0.257. The standard InChI is InChI=1S/C32H48N6O2/c1-19(2)22(5)8-13-27(34)29(23(6)33)24-9-11-26(12-10-24)36-32(40)30(25-17-20(3)16-21(4)18-25)37-31(39)28-14-15-35-38(28)7/h9-12,14-15,19-22,25,30,34H,8,13,16-18,33H2,1-7H3,(H,36,40)(H,37,39)/b29-23-,34-27?/t20?,21?,22?,25?,30-/m0/s1. The Labute approximate surface area is 239 Å². The van der Waals surface area contributed by atoms with Crippen LogP contribution in [-0.4, -0.2) is 33.3 Å². The molecule has 0 bridgehead atoms. The lowest BCUT2D eigenvalue weighted by atomic mass is 9.73. The van der Waals surface area contributed by atoms with Crippen molar-refractivity contribution >= 4 is 28.8 Å². The topological polar surface area (TPSA) is 126 Å².